The van der Waals surface area contributed by atoms with Crippen LogP contribution in [0.5, 0.6) is 0 Å². The summed E-state index contributed by atoms with van der Waals surface area (Å²) >= 11 is 0. The van der Waals surface area contributed by atoms with Crippen molar-refractivity contribution in [1.82, 2.24) is 35.1 Å². The van der Waals surface area contributed by atoms with Gasteiger partial charge in [0.15, 0.2) is 17.3 Å². The standard InChI is InChI=1S/C26H21FN8O2/c1-2-3-4-19(36)31-16-9-15(10-28-11-16)22-21(27)20-18(12-30-22)34-35-24(20)26-32-23-17(14-6-8-37-13-14)5-7-29-25(23)33-26/h5-13H,2-4H2,1H3,(H,31,36)(H,34,35)(H,29,32,33). The SMILES string of the molecule is CCCCC(=O)Nc1cncc(-c2ncc3[nH]nc(-c4nc5nccc(-c6ccoc6)c5[nH]4)c3c2F)c1. The molecule has 0 radical (unpaired) electrons. The molecular weight excluding hydrogens is 475 g/mol. The first kappa shape index (κ1) is 22.5. The zero-order chi connectivity index (χ0) is 25.4. The average Bonchev–Trinajstić information content (AvgIpc) is 3.67. The van der Waals surface area contributed by atoms with Crippen LogP contribution in [0.4, 0.5) is 10.1 Å². The van der Waals surface area contributed by atoms with Gasteiger partial charge in [-0.1, -0.05) is 13.3 Å². The molecule has 6 heterocycles. The minimum Gasteiger partial charge on any atom is -0.472 e. The number of anilines is 1. The van der Waals surface area contributed by atoms with Gasteiger partial charge in [0.05, 0.1) is 47.0 Å². The number of carbonyl (C=O) groups excluding carboxylic acids is 1. The summed E-state index contributed by atoms with van der Waals surface area (Å²) < 4.78 is 21.2. The summed E-state index contributed by atoms with van der Waals surface area (Å²) in [6, 6.07) is 5.34. The Kier molecular flexibility index (Phi) is 5.64. The van der Waals surface area contributed by atoms with Crippen molar-refractivity contribution in [3.05, 3.63) is 61.3 Å². The van der Waals surface area contributed by atoms with Crippen molar-refractivity contribution in [3.63, 3.8) is 0 Å². The summed E-state index contributed by atoms with van der Waals surface area (Å²) in [6.07, 6.45) is 11.5. The van der Waals surface area contributed by atoms with E-state index in [1.54, 1.807) is 24.8 Å². The Morgan fingerprint density at radius 2 is 2.05 bits per heavy atom. The number of furan rings is 1. The third kappa shape index (κ3) is 4.10. The second-order valence-electron chi connectivity index (χ2n) is 8.55. The lowest BCUT2D eigenvalue weighted by Crippen LogP contribution is -2.11. The quantitative estimate of drug-likeness (QED) is 0.266. The van der Waals surface area contributed by atoms with E-state index in [1.165, 1.54) is 18.6 Å². The predicted molar refractivity (Wildman–Crippen MR) is 136 cm³/mol. The van der Waals surface area contributed by atoms with Crippen LogP contribution in [-0.2, 0) is 4.79 Å². The fourth-order valence-corrected chi connectivity index (χ4v) is 4.23. The fraction of sp³-hybridized carbons (Fsp3) is 0.154. The first-order chi connectivity index (χ1) is 18.1. The zero-order valence-corrected chi connectivity index (χ0v) is 19.7. The van der Waals surface area contributed by atoms with Crippen molar-refractivity contribution in [2.24, 2.45) is 0 Å². The smallest absolute Gasteiger partial charge is 0.224 e. The van der Waals surface area contributed by atoms with Gasteiger partial charge in [-0.25, -0.2) is 14.4 Å². The highest BCUT2D eigenvalue weighted by atomic mass is 19.1. The number of H-pyrrole nitrogens is 2. The van der Waals surface area contributed by atoms with Crippen LogP contribution >= 0.6 is 0 Å². The molecule has 1 amide bonds. The molecule has 0 atom stereocenters. The molecule has 3 N–H and O–H groups in total. The number of nitrogens with one attached hydrogen (secondary N) is 3. The second kappa shape index (κ2) is 9.26. The Bertz CT molecular complexity index is 1740. The summed E-state index contributed by atoms with van der Waals surface area (Å²) in [4.78, 5) is 32.7. The lowest BCUT2D eigenvalue weighted by Gasteiger charge is -2.08. The predicted octanol–water partition coefficient (Wildman–Crippen LogP) is 5.49. The molecule has 0 unspecified atom stereocenters. The third-order valence-corrected chi connectivity index (χ3v) is 6.05. The highest BCUT2D eigenvalue weighted by Gasteiger charge is 2.22. The number of carbonyl (C=O) groups is 1. The highest BCUT2D eigenvalue weighted by Crippen LogP contribution is 2.34. The van der Waals surface area contributed by atoms with Crippen LogP contribution in [0.1, 0.15) is 26.2 Å². The molecule has 184 valence electrons. The van der Waals surface area contributed by atoms with Crippen LogP contribution in [0.2, 0.25) is 0 Å². The van der Waals surface area contributed by atoms with Gasteiger partial charge in [-0.3, -0.25) is 19.9 Å². The molecule has 6 aromatic rings. The van der Waals surface area contributed by atoms with Gasteiger partial charge in [-0.2, -0.15) is 5.10 Å². The molecule has 0 aliphatic carbocycles. The Balaban J connectivity index is 1.41. The molecule has 37 heavy (non-hydrogen) atoms. The number of nitrogens with zero attached hydrogens (tertiary/aromatic N) is 5. The maximum absolute atomic E-state index is 15.9. The number of amides is 1. The largest absolute Gasteiger partial charge is 0.472 e. The number of aromatic nitrogens is 7. The van der Waals surface area contributed by atoms with E-state index in [4.69, 9.17) is 4.42 Å². The number of unbranched alkanes of at least 4 members (excludes halogenated alkanes) is 1. The van der Waals surface area contributed by atoms with Crippen LogP contribution in [0.25, 0.3) is 56.0 Å². The first-order valence-corrected chi connectivity index (χ1v) is 11.8. The van der Waals surface area contributed by atoms with Gasteiger partial charge < -0.3 is 14.7 Å². The second-order valence-corrected chi connectivity index (χ2v) is 8.55. The maximum Gasteiger partial charge on any atom is 0.224 e. The zero-order valence-electron chi connectivity index (χ0n) is 19.7. The fourth-order valence-electron chi connectivity index (χ4n) is 4.23. The molecule has 0 saturated carbocycles. The van der Waals surface area contributed by atoms with Crippen LogP contribution in [-0.4, -0.2) is 41.0 Å². The Hall–Kier alpha value is -4.93. The molecule has 0 aromatic carbocycles. The van der Waals surface area contributed by atoms with E-state index >= 15 is 4.39 Å². The van der Waals surface area contributed by atoms with Gasteiger partial charge in [0.1, 0.15) is 11.4 Å². The van der Waals surface area contributed by atoms with Crippen LogP contribution in [0, 0.1) is 5.82 Å². The molecule has 11 heteroatoms. The minimum absolute atomic E-state index is 0.0839. The molecule has 6 rings (SSSR count). The minimum atomic E-state index is -0.582. The van der Waals surface area contributed by atoms with E-state index in [2.05, 4.69) is 40.4 Å². The molecular formula is C26H21FN8O2. The lowest BCUT2D eigenvalue weighted by molar-refractivity contribution is -0.116. The van der Waals surface area contributed by atoms with E-state index < -0.39 is 5.82 Å². The number of imidazole rings is 1. The summed E-state index contributed by atoms with van der Waals surface area (Å²) in [7, 11) is 0. The van der Waals surface area contributed by atoms with Gasteiger partial charge >= 0.3 is 0 Å². The number of hydrogen-bond acceptors (Lipinski definition) is 7. The summed E-state index contributed by atoms with van der Waals surface area (Å²) in [5.41, 5.74) is 4.55. The molecule has 0 spiro atoms. The number of rotatable bonds is 7. The first-order valence-electron chi connectivity index (χ1n) is 11.8. The topological polar surface area (TPSA) is 138 Å². The molecule has 0 aliphatic rings. The van der Waals surface area contributed by atoms with Crippen LogP contribution < -0.4 is 5.32 Å². The normalized spacial score (nSPS) is 11.4. The van der Waals surface area contributed by atoms with Crippen LogP contribution in [0.3, 0.4) is 0 Å². The van der Waals surface area contributed by atoms with Gasteiger partial charge in [0.2, 0.25) is 5.91 Å². The van der Waals surface area contributed by atoms with E-state index in [1.807, 2.05) is 19.1 Å². The molecule has 6 aromatic heterocycles. The van der Waals surface area contributed by atoms with Crippen LogP contribution in [0.15, 0.2) is 59.9 Å². The van der Waals surface area contributed by atoms with Crippen molar-refractivity contribution in [2.75, 3.05) is 5.32 Å². The number of fused-ring (bicyclic) bond motifs is 2. The summed E-state index contributed by atoms with van der Waals surface area (Å²) in [5.74, 6) is -0.341. The summed E-state index contributed by atoms with van der Waals surface area (Å²) in [5, 5.41) is 10.2. The van der Waals surface area contributed by atoms with Crippen molar-refractivity contribution >= 4 is 33.7 Å². The van der Waals surface area contributed by atoms with Gasteiger partial charge in [-0.15, -0.1) is 0 Å². The number of aromatic amines is 2. The van der Waals surface area contributed by atoms with E-state index in [-0.39, 0.29) is 17.0 Å². The maximum atomic E-state index is 15.9. The Morgan fingerprint density at radius 1 is 1.14 bits per heavy atom. The monoisotopic (exact) mass is 496 g/mol. The number of halogens is 1. The molecule has 0 bridgehead atoms. The molecule has 0 saturated heterocycles. The summed E-state index contributed by atoms with van der Waals surface area (Å²) in [6.45, 7) is 2.02. The van der Waals surface area contributed by atoms with E-state index in [0.717, 1.165) is 24.0 Å². The lowest BCUT2D eigenvalue weighted by atomic mass is 10.1. The Labute approximate surface area is 209 Å². The van der Waals surface area contributed by atoms with Gasteiger partial charge in [0.25, 0.3) is 0 Å². The van der Waals surface area contributed by atoms with Crippen molar-refractivity contribution in [1.29, 1.82) is 0 Å². The van der Waals surface area contributed by atoms with Gasteiger partial charge in [-0.05, 0) is 24.6 Å². The molecule has 10 nitrogen and oxygen atoms in total. The van der Waals surface area contributed by atoms with E-state index in [0.29, 0.717) is 45.9 Å². The van der Waals surface area contributed by atoms with Crippen molar-refractivity contribution in [2.45, 2.75) is 26.2 Å². The molecule has 0 aliphatic heterocycles. The van der Waals surface area contributed by atoms with Gasteiger partial charge in [0, 0.05) is 35.5 Å². The molecule has 0 fully saturated rings. The average molecular weight is 497 g/mol. The van der Waals surface area contributed by atoms with E-state index in [9.17, 15) is 4.79 Å². The Morgan fingerprint density at radius 3 is 2.89 bits per heavy atom. The number of hydrogen-bond donors (Lipinski definition) is 3. The van der Waals surface area contributed by atoms with Crippen molar-refractivity contribution in [3.8, 4) is 33.9 Å². The third-order valence-electron chi connectivity index (χ3n) is 6.05. The highest BCUT2D eigenvalue weighted by molar-refractivity contribution is 5.97. The van der Waals surface area contributed by atoms with Crippen molar-refractivity contribution < 1.29 is 13.6 Å². The number of pyridine rings is 3.